The lowest BCUT2D eigenvalue weighted by atomic mass is 9.90. The molecule has 0 bridgehead atoms. The molecule has 86 valence electrons. The van der Waals surface area contributed by atoms with Crippen molar-refractivity contribution < 1.29 is 5.11 Å². The van der Waals surface area contributed by atoms with Crippen molar-refractivity contribution in [1.29, 1.82) is 0 Å². The molecule has 0 amide bonds. The summed E-state index contributed by atoms with van der Waals surface area (Å²) in [6.07, 6.45) is 5.32. The van der Waals surface area contributed by atoms with Gasteiger partial charge in [-0.3, -0.25) is 0 Å². The van der Waals surface area contributed by atoms with Crippen LogP contribution in [0.1, 0.15) is 27.7 Å². The summed E-state index contributed by atoms with van der Waals surface area (Å²) in [4.78, 5) is 0. The number of hydrogen-bond donors (Lipinski definition) is 2. The first kappa shape index (κ1) is 14.1. The Morgan fingerprint density at radius 1 is 1.33 bits per heavy atom. The summed E-state index contributed by atoms with van der Waals surface area (Å²) in [5, 5.41) is 13.4. The summed E-state index contributed by atoms with van der Waals surface area (Å²) in [7, 11) is 0. The van der Waals surface area contributed by atoms with Gasteiger partial charge in [-0.1, -0.05) is 45.2 Å². The molecule has 15 heavy (non-hydrogen) atoms. The first-order valence-corrected chi connectivity index (χ1v) is 5.26. The average Bonchev–Trinajstić information content (AvgIpc) is 2.09. The van der Waals surface area contributed by atoms with Crippen LogP contribution in [0.5, 0.6) is 0 Å². The maximum absolute atomic E-state index is 10.1. The molecule has 1 atom stereocenters. The fourth-order valence-electron chi connectivity index (χ4n) is 1.46. The third-order valence-electron chi connectivity index (χ3n) is 2.09. The SMILES string of the molecule is C=C/C=C(\C=C)C(NC(C)C)C(C)(C)O. The molecule has 0 spiro atoms. The summed E-state index contributed by atoms with van der Waals surface area (Å²) in [5.74, 6) is 0. The van der Waals surface area contributed by atoms with Crippen LogP contribution < -0.4 is 5.32 Å². The van der Waals surface area contributed by atoms with Gasteiger partial charge in [-0.15, -0.1) is 0 Å². The smallest absolute Gasteiger partial charge is 0.0785 e. The largest absolute Gasteiger partial charge is 0.388 e. The predicted octanol–water partition coefficient (Wildman–Crippen LogP) is 2.42. The third kappa shape index (κ3) is 4.96. The number of nitrogens with one attached hydrogen (secondary N) is 1. The Morgan fingerprint density at radius 2 is 1.87 bits per heavy atom. The lowest BCUT2D eigenvalue weighted by Crippen LogP contribution is -2.50. The van der Waals surface area contributed by atoms with Crippen LogP contribution in [-0.2, 0) is 0 Å². The minimum atomic E-state index is -0.826. The molecule has 0 aromatic rings. The molecule has 0 aromatic heterocycles. The monoisotopic (exact) mass is 209 g/mol. The van der Waals surface area contributed by atoms with Gasteiger partial charge in [0, 0.05) is 6.04 Å². The maximum Gasteiger partial charge on any atom is 0.0785 e. The molecule has 0 radical (unpaired) electrons. The van der Waals surface area contributed by atoms with Crippen LogP contribution >= 0.6 is 0 Å². The molecule has 0 rings (SSSR count). The van der Waals surface area contributed by atoms with Crippen LogP contribution in [0.2, 0.25) is 0 Å². The molecule has 0 saturated carbocycles. The molecule has 1 unspecified atom stereocenters. The van der Waals surface area contributed by atoms with Gasteiger partial charge in [0.15, 0.2) is 0 Å². The number of aliphatic hydroxyl groups is 1. The summed E-state index contributed by atoms with van der Waals surface area (Å²) >= 11 is 0. The highest BCUT2D eigenvalue weighted by Gasteiger charge is 2.28. The third-order valence-corrected chi connectivity index (χ3v) is 2.09. The van der Waals surface area contributed by atoms with Crippen molar-refractivity contribution in [3.05, 3.63) is 37.0 Å². The first-order chi connectivity index (χ1) is 6.82. The predicted molar refractivity (Wildman–Crippen MR) is 66.8 cm³/mol. The molecular weight excluding hydrogens is 186 g/mol. The molecule has 0 aromatic carbocycles. The van der Waals surface area contributed by atoms with Gasteiger partial charge >= 0.3 is 0 Å². The van der Waals surface area contributed by atoms with Gasteiger partial charge in [0.05, 0.1) is 11.6 Å². The molecular formula is C13H23NO. The first-order valence-electron chi connectivity index (χ1n) is 5.26. The van der Waals surface area contributed by atoms with Gasteiger partial charge in [-0.25, -0.2) is 0 Å². The van der Waals surface area contributed by atoms with Crippen molar-refractivity contribution in [3.8, 4) is 0 Å². The fourth-order valence-corrected chi connectivity index (χ4v) is 1.46. The van der Waals surface area contributed by atoms with E-state index < -0.39 is 5.60 Å². The Bertz CT molecular complexity index is 246. The number of rotatable bonds is 6. The van der Waals surface area contributed by atoms with E-state index in [0.29, 0.717) is 6.04 Å². The molecule has 0 fully saturated rings. The molecule has 0 heterocycles. The Morgan fingerprint density at radius 3 is 2.13 bits per heavy atom. The van der Waals surface area contributed by atoms with Gasteiger partial charge in [-0.05, 0) is 19.4 Å². The molecule has 0 saturated heterocycles. The zero-order valence-corrected chi connectivity index (χ0v) is 10.2. The van der Waals surface area contributed by atoms with Crippen molar-refractivity contribution >= 4 is 0 Å². The Kier molecular flexibility index (Phi) is 5.55. The van der Waals surface area contributed by atoms with E-state index in [9.17, 15) is 5.11 Å². The number of hydrogen-bond acceptors (Lipinski definition) is 2. The van der Waals surface area contributed by atoms with E-state index in [-0.39, 0.29) is 6.04 Å². The van der Waals surface area contributed by atoms with Crippen molar-refractivity contribution in [2.45, 2.75) is 45.4 Å². The lowest BCUT2D eigenvalue weighted by molar-refractivity contribution is 0.0487. The molecule has 0 aliphatic heterocycles. The minimum Gasteiger partial charge on any atom is -0.388 e. The van der Waals surface area contributed by atoms with Crippen LogP contribution in [0.3, 0.4) is 0 Å². The topological polar surface area (TPSA) is 32.3 Å². The summed E-state index contributed by atoms with van der Waals surface area (Å²) < 4.78 is 0. The second-order valence-electron chi connectivity index (χ2n) is 4.51. The molecule has 2 nitrogen and oxygen atoms in total. The molecule has 2 N–H and O–H groups in total. The molecule has 2 heteroatoms. The van der Waals surface area contributed by atoms with Crippen molar-refractivity contribution in [2.24, 2.45) is 0 Å². The van der Waals surface area contributed by atoms with E-state index in [1.807, 2.05) is 19.9 Å². The van der Waals surface area contributed by atoms with Crippen LogP contribution in [0.15, 0.2) is 37.0 Å². The zero-order chi connectivity index (χ0) is 12.1. The van der Waals surface area contributed by atoms with Crippen LogP contribution in [-0.4, -0.2) is 22.8 Å². The Balaban J connectivity index is 4.99. The summed E-state index contributed by atoms with van der Waals surface area (Å²) in [6, 6.07) is 0.169. The van der Waals surface area contributed by atoms with E-state index in [4.69, 9.17) is 0 Å². The summed E-state index contributed by atoms with van der Waals surface area (Å²) in [6.45, 7) is 15.1. The highest BCUT2D eigenvalue weighted by atomic mass is 16.3. The van der Waals surface area contributed by atoms with Crippen molar-refractivity contribution in [2.75, 3.05) is 0 Å². The van der Waals surface area contributed by atoms with Crippen LogP contribution in [0.4, 0.5) is 0 Å². The van der Waals surface area contributed by atoms with E-state index >= 15 is 0 Å². The Labute approximate surface area is 93.4 Å². The van der Waals surface area contributed by atoms with Gasteiger partial charge in [-0.2, -0.15) is 0 Å². The fraction of sp³-hybridized carbons (Fsp3) is 0.538. The summed E-state index contributed by atoms with van der Waals surface area (Å²) in [5.41, 5.74) is 0.124. The second kappa shape index (κ2) is 5.89. The van der Waals surface area contributed by atoms with Gasteiger partial charge in [0.2, 0.25) is 0 Å². The standard InChI is InChI=1S/C13H23NO/c1-7-9-11(8-2)12(13(5,6)15)14-10(3)4/h7-10,12,14-15H,1-2H2,3-6H3/b11-9+. The second-order valence-corrected chi connectivity index (χ2v) is 4.51. The van der Waals surface area contributed by atoms with E-state index in [2.05, 4.69) is 18.5 Å². The van der Waals surface area contributed by atoms with Crippen molar-refractivity contribution in [3.63, 3.8) is 0 Å². The van der Waals surface area contributed by atoms with Gasteiger partial charge in [0.25, 0.3) is 0 Å². The molecule has 0 aliphatic rings. The number of allylic oxidation sites excluding steroid dienone is 2. The van der Waals surface area contributed by atoms with E-state index in [1.54, 1.807) is 26.0 Å². The minimum absolute atomic E-state index is 0.131. The average molecular weight is 209 g/mol. The van der Waals surface area contributed by atoms with Gasteiger partial charge < -0.3 is 10.4 Å². The molecule has 0 aliphatic carbocycles. The lowest BCUT2D eigenvalue weighted by Gasteiger charge is -2.33. The van der Waals surface area contributed by atoms with Crippen molar-refractivity contribution in [1.82, 2.24) is 5.32 Å². The van der Waals surface area contributed by atoms with E-state index in [1.165, 1.54) is 0 Å². The maximum atomic E-state index is 10.1. The van der Waals surface area contributed by atoms with Gasteiger partial charge in [0.1, 0.15) is 0 Å². The highest BCUT2D eigenvalue weighted by Crippen LogP contribution is 2.18. The van der Waals surface area contributed by atoms with E-state index in [0.717, 1.165) is 5.57 Å². The quantitative estimate of drug-likeness (QED) is 0.658. The highest BCUT2D eigenvalue weighted by molar-refractivity contribution is 5.29. The van der Waals surface area contributed by atoms with Crippen LogP contribution in [0, 0.1) is 0 Å². The zero-order valence-electron chi connectivity index (χ0n) is 10.2. The Hall–Kier alpha value is -0.860. The normalized spacial score (nSPS) is 15.2. The van der Waals surface area contributed by atoms with Crippen LogP contribution in [0.25, 0.3) is 0 Å².